The number of carbonyl (C=O) groups is 2. The van der Waals surface area contributed by atoms with Crippen LogP contribution in [0, 0.1) is 5.92 Å². The Hall–Kier alpha value is -1.93. The molecule has 0 radical (unpaired) electrons. The fourth-order valence-corrected chi connectivity index (χ4v) is 5.23. The predicted octanol–water partition coefficient (Wildman–Crippen LogP) is 2.70. The number of nitrogens with zero attached hydrogens (tertiary/aromatic N) is 2. The summed E-state index contributed by atoms with van der Waals surface area (Å²) in [5, 5.41) is 2.90. The summed E-state index contributed by atoms with van der Waals surface area (Å²) in [6.07, 6.45) is 5.59. The van der Waals surface area contributed by atoms with Crippen LogP contribution in [0.3, 0.4) is 0 Å². The van der Waals surface area contributed by atoms with Gasteiger partial charge in [0.25, 0.3) is 5.91 Å². The molecule has 0 spiro atoms. The van der Waals surface area contributed by atoms with E-state index >= 15 is 0 Å². The minimum atomic E-state index is -3.31. The van der Waals surface area contributed by atoms with E-state index in [9.17, 15) is 18.0 Å². The quantitative estimate of drug-likeness (QED) is 0.792. The normalized spacial score (nSPS) is 21.4. The van der Waals surface area contributed by atoms with Crippen LogP contribution in [0.4, 0.5) is 5.69 Å². The number of anilines is 1. The first kappa shape index (κ1) is 21.8. The number of hydrogen-bond donors (Lipinski definition) is 1. The van der Waals surface area contributed by atoms with E-state index in [1.165, 1.54) is 4.31 Å². The zero-order valence-electron chi connectivity index (χ0n) is 17.1. The lowest BCUT2D eigenvalue weighted by molar-refractivity contribution is -0.120. The Morgan fingerprint density at radius 2 is 1.72 bits per heavy atom. The van der Waals surface area contributed by atoms with Gasteiger partial charge in [0.05, 0.1) is 22.9 Å². The van der Waals surface area contributed by atoms with Crippen LogP contribution in [0.25, 0.3) is 0 Å². The number of carbonyl (C=O) groups excluding carboxylic acids is 2. The molecule has 2 aliphatic rings. The molecule has 2 aliphatic heterocycles. The van der Waals surface area contributed by atoms with E-state index < -0.39 is 15.9 Å². The molecule has 2 saturated heterocycles. The zero-order valence-corrected chi connectivity index (χ0v) is 17.9. The van der Waals surface area contributed by atoms with Gasteiger partial charge in [-0.15, -0.1) is 0 Å². The smallest absolute Gasteiger partial charge is 0.255 e. The molecule has 1 aromatic carbocycles. The van der Waals surface area contributed by atoms with Crippen molar-refractivity contribution in [3.05, 3.63) is 29.8 Å². The Kier molecular flexibility index (Phi) is 7.29. The van der Waals surface area contributed by atoms with E-state index in [1.807, 2.05) is 4.90 Å². The Bertz CT molecular complexity index is 832. The molecule has 2 heterocycles. The van der Waals surface area contributed by atoms with Crippen molar-refractivity contribution in [1.29, 1.82) is 0 Å². The predicted molar refractivity (Wildman–Crippen MR) is 113 cm³/mol. The maximum atomic E-state index is 13.0. The summed E-state index contributed by atoms with van der Waals surface area (Å²) in [7, 11) is -3.31. The lowest BCUT2D eigenvalue weighted by Crippen LogP contribution is -2.44. The molecular formula is C21H31N3O4S. The molecule has 8 heteroatoms. The molecule has 0 unspecified atom stereocenters. The van der Waals surface area contributed by atoms with Crippen molar-refractivity contribution in [2.75, 3.05) is 37.2 Å². The number of sulfonamides is 1. The van der Waals surface area contributed by atoms with E-state index in [0.717, 1.165) is 38.8 Å². The molecule has 0 bridgehead atoms. The summed E-state index contributed by atoms with van der Waals surface area (Å²) < 4.78 is 25.8. The maximum Gasteiger partial charge on any atom is 0.255 e. The highest BCUT2D eigenvalue weighted by molar-refractivity contribution is 7.89. The molecule has 1 N–H and O–H groups in total. The number of likely N-dealkylation sites (tertiary alicyclic amines) is 1. The van der Waals surface area contributed by atoms with Crippen LogP contribution < -0.4 is 5.32 Å². The number of para-hydroxylation sites is 1. The van der Waals surface area contributed by atoms with E-state index in [-0.39, 0.29) is 24.1 Å². The van der Waals surface area contributed by atoms with Gasteiger partial charge in [-0.2, -0.15) is 0 Å². The van der Waals surface area contributed by atoms with E-state index in [0.29, 0.717) is 30.6 Å². The Morgan fingerprint density at radius 1 is 1.03 bits per heavy atom. The summed E-state index contributed by atoms with van der Waals surface area (Å²) in [6.45, 7) is 3.76. The molecule has 0 aliphatic carbocycles. The first-order valence-electron chi connectivity index (χ1n) is 10.6. The molecule has 0 saturated carbocycles. The highest BCUT2D eigenvalue weighted by Gasteiger charge is 2.32. The first-order valence-corrected chi connectivity index (χ1v) is 12.2. The Morgan fingerprint density at radius 3 is 2.41 bits per heavy atom. The second-order valence-electron chi connectivity index (χ2n) is 7.84. The van der Waals surface area contributed by atoms with Crippen molar-refractivity contribution in [1.82, 2.24) is 9.21 Å². The molecule has 0 aromatic heterocycles. The number of benzene rings is 1. The molecule has 7 nitrogen and oxygen atoms in total. The molecule has 1 aromatic rings. The summed E-state index contributed by atoms with van der Waals surface area (Å²) in [4.78, 5) is 27.8. The molecule has 160 valence electrons. The third kappa shape index (κ3) is 5.36. The van der Waals surface area contributed by atoms with Gasteiger partial charge in [0.15, 0.2) is 0 Å². The minimum Gasteiger partial charge on any atom is -0.339 e. The van der Waals surface area contributed by atoms with Crippen LogP contribution in [-0.4, -0.2) is 61.4 Å². The lowest BCUT2D eigenvalue weighted by atomic mass is 9.98. The molecule has 2 amide bonds. The fraction of sp³-hybridized carbons (Fsp3) is 0.619. The van der Waals surface area contributed by atoms with Crippen molar-refractivity contribution < 1.29 is 18.0 Å². The van der Waals surface area contributed by atoms with Gasteiger partial charge in [-0.25, -0.2) is 12.7 Å². The van der Waals surface area contributed by atoms with Gasteiger partial charge in [-0.05, 0) is 44.7 Å². The first-order chi connectivity index (χ1) is 13.9. The average molecular weight is 422 g/mol. The summed E-state index contributed by atoms with van der Waals surface area (Å²) in [5.41, 5.74) is 0.999. The van der Waals surface area contributed by atoms with Gasteiger partial charge in [-0.1, -0.05) is 25.0 Å². The molecule has 1 atom stereocenters. The Balaban J connectivity index is 1.71. The van der Waals surface area contributed by atoms with Crippen LogP contribution in [0.1, 0.15) is 55.8 Å². The molecule has 3 rings (SSSR count). The topological polar surface area (TPSA) is 86.8 Å². The molecule has 29 heavy (non-hydrogen) atoms. The number of rotatable bonds is 5. The van der Waals surface area contributed by atoms with Crippen molar-refractivity contribution >= 4 is 27.5 Å². The fourth-order valence-electron chi connectivity index (χ4n) is 4.05. The van der Waals surface area contributed by atoms with Gasteiger partial charge < -0.3 is 10.2 Å². The van der Waals surface area contributed by atoms with Crippen molar-refractivity contribution in [2.45, 2.75) is 45.4 Å². The van der Waals surface area contributed by atoms with Gasteiger partial charge in [0.2, 0.25) is 15.9 Å². The Labute approximate surface area is 173 Å². The largest absolute Gasteiger partial charge is 0.339 e. The lowest BCUT2D eigenvalue weighted by Gasteiger charge is -2.31. The minimum absolute atomic E-state index is 0.0362. The third-order valence-electron chi connectivity index (χ3n) is 5.82. The van der Waals surface area contributed by atoms with E-state index in [4.69, 9.17) is 0 Å². The summed E-state index contributed by atoms with van der Waals surface area (Å²) >= 11 is 0. The highest BCUT2D eigenvalue weighted by Crippen LogP contribution is 2.24. The van der Waals surface area contributed by atoms with E-state index in [2.05, 4.69) is 5.32 Å². The number of hydrogen-bond acceptors (Lipinski definition) is 4. The highest BCUT2D eigenvalue weighted by atomic mass is 32.2. The average Bonchev–Trinajstić information content (AvgIpc) is 3.03. The van der Waals surface area contributed by atoms with Gasteiger partial charge in [0.1, 0.15) is 0 Å². The summed E-state index contributed by atoms with van der Waals surface area (Å²) in [5.74, 6) is -0.653. The third-order valence-corrected chi connectivity index (χ3v) is 7.67. The molecular weight excluding hydrogens is 390 g/mol. The van der Waals surface area contributed by atoms with Crippen LogP contribution in [0.15, 0.2) is 24.3 Å². The number of nitrogens with one attached hydrogen (secondary N) is 1. The standard InChI is InChI=1S/C21H31N3O4S/c1-2-29(27,28)24-15-9-10-17(16-24)20(25)22-19-12-6-5-11-18(19)21(26)23-13-7-3-4-8-14-23/h5-6,11-12,17H,2-4,7-10,13-16H2,1H3,(H,22,25)/t17-/m0/s1. The monoisotopic (exact) mass is 421 g/mol. The van der Waals surface area contributed by atoms with Gasteiger partial charge in [-0.3, -0.25) is 9.59 Å². The maximum absolute atomic E-state index is 13.0. The molecule has 2 fully saturated rings. The van der Waals surface area contributed by atoms with Crippen LogP contribution in [0.2, 0.25) is 0 Å². The zero-order chi connectivity index (χ0) is 20.9. The second kappa shape index (κ2) is 9.71. The number of amides is 2. The van der Waals surface area contributed by atoms with Crippen molar-refractivity contribution in [3.63, 3.8) is 0 Å². The van der Waals surface area contributed by atoms with E-state index in [1.54, 1.807) is 31.2 Å². The van der Waals surface area contributed by atoms with Crippen LogP contribution >= 0.6 is 0 Å². The van der Waals surface area contributed by atoms with Gasteiger partial charge >= 0.3 is 0 Å². The second-order valence-corrected chi connectivity index (χ2v) is 10.1. The SMILES string of the molecule is CCS(=O)(=O)N1CCC[C@H](C(=O)Nc2ccccc2C(=O)N2CCCCCC2)C1. The van der Waals surface area contributed by atoms with Crippen molar-refractivity contribution in [3.8, 4) is 0 Å². The number of piperidine rings is 1. The van der Waals surface area contributed by atoms with Gasteiger partial charge in [0, 0.05) is 26.2 Å². The summed E-state index contributed by atoms with van der Waals surface area (Å²) in [6, 6.07) is 7.09. The van der Waals surface area contributed by atoms with Crippen LogP contribution in [-0.2, 0) is 14.8 Å². The van der Waals surface area contributed by atoms with Crippen molar-refractivity contribution in [2.24, 2.45) is 5.92 Å². The van der Waals surface area contributed by atoms with Crippen LogP contribution in [0.5, 0.6) is 0 Å².